The van der Waals surface area contributed by atoms with Crippen molar-refractivity contribution in [2.45, 2.75) is 20.0 Å². The van der Waals surface area contributed by atoms with Crippen LogP contribution < -0.4 is 14.4 Å². The summed E-state index contributed by atoms with van der Waals surface area (Å²) < 4.78 is 10.5. The van der Waals surface area contributed by atoms with Gasteiger partial charge in [0, 0.05) is 25.5 Å². The molecule has 0 radical (unpaired) electrons. The highest BCUT2D eigenvalue weighted by Crippen LogP contribution is 2.26. The summed E-state index contributed by atoms with van der Waals surface area (Å²) in [5.74, 6) is 2.50. The minimum Gasteiger partial charge on any atom is -0.497 e. The standard InChI is InChI=1S/C23H25N3O2/c1-17(2)22-23(25-14-13-24-22)26(15-18-5-9-20(27-3)10-6-18)16-19-7-11-21(28-4)12-8-19/h5-14H,1,15-16H2,2-4H3. The van der Waals surface area contributed by atoms with E-state index in [9.17, 15) is 0 Å². The molecule has 0 aliphatic rings. The third-order valence-electron chi connectivity index (χ3n) is 4.45. The second-order valence-electron chi connectivity index (χ2n) is 6.56. The Morgan fingerprint density at radius 3 is 1.71 bits per heavy atom. The number of nitrogens with zero attached hydrogens (tertiary/aromatic N) is 3. The number of rotatable bonds is 8. The van der Waals surface area contributed by atoms with E-state index in [0.717, 1.165) is 39.7 Å². The maximum absolute atomic E-state index is 5.27. The molecule has 1 aromatic heterocycles. The van der Waals surface area contributed by atoms with Crippen LogP contribution in [0.4, 0.5) is 5.82 Å². The van der Waals surface area contributed by atoms with E-state index in [0.29, 0.717) is 13.1 Å². The molecule has 0 amide bonds. The third-order valence-corrected chi connectivity index (χ3v) is 4.45. The molecule has 5 nitrogen and oxygen atoms in total. The number of benzene rings is 2. The van der Waals surface area contributed by atoms with Gasteiger partial charge >= 0.3 is 0 Å². The van der Waals surface area contributed by atoms with Gasteiger partial charge in [-0.05, 0) is 47.9 Å². The lowest BCUT2D eigenvalue weighted by molar-refractivity contribution is 0.414. The monoisotopic (exact) mass is 375 g/mol. The van der Waals surface area contributed by atoms with Gasteiger partial charge in [-0.3, -0.25) is 4.98 Å². The molecule has 0 spiro atoms. The Labute approximate surface area is 166 Å². The quantitative estimate of drug-likeness (QED) is 0.569. The molecule has 0 saturated heterocycles. The normalized spacial score (nSPS) is 10.4. The number of hydrogen-bond acceptors (Lipinski definition) is 5. The van der Waals surface area contributed by atoms with Crippen LogP contribution in [0.3, 0.4) is 0 Å². The molecule has 0 atom stereocenters. The van der Waals surface area contributed by atoms with E-state index >= 15 is 0 Å². The Hall–Kier alpha value is -3.34. The lowest BCUT2D eigenvalue weighted by Gasteiger charge is -2.26. The van der Waals surface area contributed by atoms with Crippen molar-refractivity contribution in [3.8, 4) is 11.5 Å². The lowest BCUT2D eigenvalue weighted by Crippen LogP contribution is -2.24. The average molecular weight is 375 g/mol. The molecule has 3 rings (SSSR count). The summed E-state index contributed by atoms with van der Waals surface area (Å²) in [5, 5.41) is 0. The van der Waals surface area contributed by atoms with Gasteiger partial charge in [0.2, 0.25) is 0 Å². The first-order chi connectivity index (χ1) is 13.6. The van der Waals surface area contributed by atoms with Gasteiger partial charge in [0.25, 0.3) is 0 Å². The molecule has 0 aliphatic carbocycles. The van der Waals surface area contributed by atoms with Crippen molar-refractivity contribution in [2.24, 2.45) is 0 Å². The molecule has 2 aromatic carbocycles. The topological polar surface area (TPSA) is 47.5 Å². The number of anilines is 1. The molecule has 3 aromatic rings. The summed E-state index contributed by atoms with van der Waals surface area (Å²) in [7, 11) is 3.34. The average Bonchev–Trinajstić information content (AvgIpc) is 2.74. The van der Waals surface area contributed by atoms with E-state index in [4.69, 9.17) is 9.47 Å². The van der Waals surface area contributed by atoms with E-state index in [1.807, 2.05) is 31.2 Å². The smallest absolute Gasteiger partial charge is 0.155 e. The van der Waals surface area contributed by atoms with Crippen molar-refractivity contribution in [1.29, 1.82) is 0 Å². The number of ether oxygens (including phenoxy) is 2. The molecule has 1 heterocycles. The van der Waals surface area contributed by atoms with Gasteiger partial charge < -0.3 is 14.4 Å². The van der Waals surface area contributed by atoms with Crippen molar-refractivity contribution < 1.29 is 9.47 Å². The number of aromatic nitrogens is 2. The predicted molar refractivity (Wildman–Crippen MR) is 113 cm³/mol. The van der Waals surface area contributed by atoms with Crippen LogP contribution in [0.1, 0.15) is 23.7 Å². The maximum Gasteiger partial charge on any atom is 0.155 e. The Balaban J connectivity index is 1.93. The van der Waals surface area contributed by atoms with E-state index < -0.39 is 0 Å². The molecular weight excluding hydrogens is 350 g/mol. The molecule has 0 saturated carbocycles. The molecular formula is C23H25N3O2. The molecule has 0 bridgehead atoms. The van der Waals surface area contributed by atoms with Crippen LogP contribution >= 0.6 is 0 Å². The van der Waals surface area contributed by atoms with Gasteiger partial charge in [0.15, 0.2) is 5.82 Å². The van der Waals surface area contributed by atoms with Gasteiger partial charge in [-0.1, -0.05) is 30.8 Å². The predicted octanol–water partition coefficient (Wildman–Crippen LogP) is 4.73. The van der Waals surface area contributed by atoms with Crippen LogP contribution in [0.15, 0.2) is 67.5 Å². The van der Waals surface area contributed by atoms with Gasteiger partial charge in [0.1, 0.15) is 17.2 Å². The van der Waals surface area contributed by atoms with Crippen LogP contribution in [0.25, 0.3) is 5.57 Å². The van der Waals surface area contributed by atoms with Crippen LogP contribution in [0, 0.1) is 0 Å². The molecule has 0 fully saturated rings. The molecule has 0 aliphatic heterocycles. The largest absolute Gasteiger partial charge is 0.497 e. The fourth-order valence-electron chi connectivity index (χ4n) is 2.97. The summed E-state index contributed by atoms with van der Waals surface area (Å²) in [6.07, 6.45) is 3.42. The summed E-state index contributed by atoms with van der Waals surface area (Å²) in [6.45, 7) is 7.40. The first-order valence-electron chi connectivity index (χ1n) is 9.08. The highest BCUT2D eigenvalue weighted by atomic mass is 16.5. The van der Waals surface area contributed by atoms with Crippen molar-refractivity contribution in [3.63, 3.8) is 0 Å². The second kappa shape index (κ2) is 9.04. The van der Waals surface area contributed by atoms with Crippen molar-refractivity contribution >= 4 is 11.4 Å². The summed E-state index contributed by atoms with van der Waals surface area (Å²) in [5.41, 5.74) is 4.02. The Kier molecular flexibility index (Phi) is 6.27. The fraction of sp³-hybridized carbons (Fsp3) is 0.217. The Morgan fingerprint density at radius 2 is 1.29 bits per heavy atom. The zero-order chi connectivity index (χ0) is 19.9. The summed E-state index contributed by atoms with van der Waals surface area (Å²) >= 11 is 0. The maximum atomic E-state index is 5.27. The highest BCUT2D eigenvalue weighted by Gasteiger charge is 2.16. The van der Waals surface area contributed by atoms with Crippen molar-refractivity contribution in [3.05, 3.63) is 84.3 Å². The summed E-state index contributed by atoms with van der Waals surface area (Å²) in [4.78, 5) is 11.3. The van der Waals surface area contributed by atoms with E-state index in [2.05, 4.69) is 45.7 Å². The molecule has 0 unspecified atom stereocenters. The molecule has 144 valence electrons. The minimum atomic E-state index is 0.689. The van der Waals surface area contributed by atoms with Gasteiger partial charge in [0.05, 0.1) is 14.2 Å². The molecule has 28 heavy (non-hydrogen) atoms. The second-order valence-corrected chi connectivity index (χ2v) is 6.56. The van der Waals surface area contributed by atoms with Crippen molar-refractivity contribution in [1.82, 2.24) is 9.97 Å². The number of allylic oxidation sites excluding steroid dienone is 1. The van der Waals surface area contributed by atoms with Crippen LogP contribution in [0.2, 0.25) is 0 Å². The van der Waals surface area contributed by atoms with Crippen LogP contribution in [0.5, 0.6) is 11.5 Å². The molecule has 5 heteroatoms. The van der Waals surface area contributed by atoms with Gasteiger partial charge in [-0.2, -0.15) is 0 Å². The van der Waals surface area contributed by atoms with Crippen molar-refractivity contribution in [2.75, 3.05) is 19.1 Å². The Morgan fingerprint density at radius 1 is 0.821 bits per heavy atom. The van der Waals surface area contributed by atoms with Crippen LogP contribution in [-0.4, -0.2) is 24.2 Å². The lowest BCUT2D eigenvalue weighted by atomic mass is 10.1. The first kappa shape index (κ1) is 19.4. The fourth-order valence-corrected chi connectivity index (χ4v) is 2.97. The molecule has 0 N–H and O–H groups in total. The van der Waals surface area contributed by atoms with Gasteiger partial charge in [-0.25, -0.2) is 4.98 Å². The van der Waals surface area contributed by atoms with Gasteiger partial charge in [-0.15, -0.1) is 0 Å². The van der Waals surface area contributed by atoms with E-state index in [1.165, 1.54) is 0 Å². The summed E-state index contributed by atoms with van der Waals surface area (Å²) in [6, 6.07) is 16.1. The zero-order valence-corrected chi connectivity index (χ0v) is 16.6. The van der Waals surface area contributed by atoms with Crippen LogP contribution in [-0.2, 0) is 13.1 Å². The highest BCUT2D eigenvalue weighted by molar-refractivity contribution is 5.68. The number of methoxy groups -OCH3 is 2. The number of hydrogen-bond donors (Lipinski definition) is 0. The first-order valence-corrected chi connectivity index (χ1v) is 9.08. The minimum absolute atomic E-state index is 0.689. The van der Waals surface area contributed by atoms with E-state index in [1.54, 1.807) is 26.6 Å². The van der Waals surface area contributed by atoms with E-state index in [-0.39, 0.29) is 0 Å². The Bertz CT molecular complexity index is 872. The zero-order valence-electron chi connectivity index (χ0n) is 16.6. The SMILES string of the molecule is C=C(C)c1nccnc1N(Cc1ccc(OC)cc1)Cc1ccc(OC)cc1. The third kappa shape index (κ3) is 4.68.